The van der Waals surface area contributed by atoms with Gasteiger partial charge in [-0.05, 0) is 85.0 Å². The zero-order valence-corrected chi connectivity index (χ0v) is 15.1. The summed E-state index contributed by atoms with van der Waals surface area (Å²) in [5.74, 6) is 2.09. The van der Waals surface area contributed by atoms with Crippen molar-refractivity contribution in [1.29, 1.82) is 0 Å². The molecule has 0 bridgehead atoms. The summed E-state index contributed by atoms with van der Waals surface area (Å²) in [6, 6.07) is 13.1. The Labute approximate surface area is 151 Å². The molecule has 0 fully saturated rings. The van der Waals surface area contributed by atoms with Gasteiger partial charge in [-0.15, -0.1) is 0 Å². The first-order chi connectivity index (χ1) is 12.4. The molecule has 2 aromatic rings. The fraction of sp³-hybridized carbons (Fsp3) is 0.478. The van der Waals surface area contributed by atoms with Crippen molar-refractivity contribution in [2.75, 3.05) is 13.2 Å². The number of hydrogen-bond acceptors (Lipinski definition) is 2. The van der Waals surface area contributed by atoms with Crippen molar-refractivity contribution < 1.29 is 9.47 Å². The van der Waals surface area contributed by atoms with Crippen molar-refractivity contribution in [3.8, 4) is 11.5 Å². The normalized spacial score (nSPS) is 14.1. The summed E-state index contributed by atoms with van der Waals surface area (Å²) in [7, 11) is 0. The number of ether oxygens (including phenoxy) is 2. The first-order valence-electron chi connectivity index (χ1n) is 9.88. The molecule has 0 unspecified atom stereocenters. The van der Waals surface area contributed by atoms with E-state index in [0.29, 0.717) is 0 Å². The van der Waals surface area contributed by atoms with E-state index in [1.165, 1.54) is 67.2 Å². The van der Waals surface area contributed by atoms with Crippen LogP contribution in [0.4, 0.5) is 0 Å². The Morgan fingerprint density at radius 1 is 0.520 bits per heavy atom. The molecule has 0 amide bonds. The zero-order chi connectivity index (χ0) is 16.9. The number of rotatable bonds is 10. The van der Waals surface area contributed by atoms with Crippen molar-refractivity contribution >= 4 is 0 Å². The van der Waals surface area contributed by atoms with Crippen LogP contribution in [0.25, 0.3) is 0 Å². The van der Waals surface area contributed by atoms with E-state index < -0.39 is 0 Å². The van der Waals surface area contributed by atoms with E-state index in [1.807, 2.05) is 0 Å². The van der Waals surface area contributed by atoms with Gasteiger partial charge in [0.2, 0.25) is 0 Å². The molecular weight excluding hydrogens is 308 g/mol. The summed E-state index contributed by atoms with van der Waals surface area (Å²) in [6.45, 7) is 1.68. The maximum atomic E-state index is 5.86. The molecule has 2 heteroatoms. The third-order valence-electron chi connectivity index (χ3n) is 5.51. The van der Waals surface area contributed by atoms with E-state index in [9.17, 15) is 0 Å². The van der Waals surface area contributed by atoms with Crippen molar-refractivity contribution in [3.63, 3.8) is 0 Å². The van der Waals surface area contributed by atoms with Gasteiger partial charge in [-0.25, -0.2) is 0 Å². The van der Waals surface area contributed by atoms with E-state index in [2.05, 4.69) is 36.4 Å². The van der Waals surface area contributed by atoms with Gasteiger partial charge in [0.05, 0.1) is 13.2 Å². The van der Waals surface area contributed by atoms with Crippen LogP contribution in [0.1, 0.15) is 54.4 Å². The van der Waals surface area contributed by atoms with E-state index in [1.54, 1.807) is 0 Å². The first kappa shape index (κ1) is 16.5. The molecule has 132 valence electrons. The van der Waals surface area contributed by atoms with Crippen LogP contribution in [-0.2, 0) is 25.7 Å². The van der Waals surface area contributed by atoms with Gasteiger partial charge >= 0.3 is 0 Å². The average molecular weight is 336 g/mol. The second-order valence-corrected chi connectivity index (χ2v) is 7.33. The second-order valence-electron chi connectivity index (χ2n) is 7.33. The van der Waals surface area contributed by atoms with Gasteiger partial charge in [0.1, 0.15) is 11.5 Å². The van der Waals surface area contributed by atoms with Gasteiger partial charge in [0, 0.05) is 0 Å². The van der Waals surface area contributed by atoms with E-state index in [-0.39, 0.29) is 0 Å². The molecule has 0 heterocycles. The highest BCUT2D eigenvalue weighted by Crippen LogP contribution is 2.28. The molecule has 2 aliphatic rings. The lowest BCUT2D eigenvalue weighted by atomic mass is 9.89. The summed E-state index contributed by atoms with van der Waals surface area (Å²) in [6.07, 6.45) is 11.0. The highest BCUT2D eigenvalue weighted by atomic mass is 16.5. The van der Waals surface area contributed by atoms with Crippen LogP contribution in [0, 0.1) is 0 Å². The topological polar surface area (TPSA) is 18.5 Å². The molecule has 0 saturated heterocycles. The fourth-order valence-electron chi connectivity index (χ4n) is 3.64. The van der Waals surface area contributed by atoms with Gasteiger partial charge in [0.25, 0.3) is 0 Å². The Morgan fingerprint density at radius 3 is 1.36 bits per heavy atom. The van der Waals surface area contributed by atoms with Crippen molar-refractivity contribution in [2.24, 2.45) is 0 Å². The Kier molecular flexibility index (Phi) is 5.25. The Balaban J connectivity index is 1.02. The van der Waals surface area contributed by atoms with Crippen LogP contribution in [-0.4, -0.2) is 13.2 Å². The Bertz CT molecular complexity index is 659. The van der Waals surface area contributed by atoms with Gasteiger partial charge in [0.15, 0.2) is 0 Å². The summed E-state index contributed by atoms with van der Waals surface area (Å²) in [4.78, 5) is 0. The van der Waals surface area contributed by atoms with Crippen molar-refractivity contribution in [1.82, 2.24) is 0 Å². The maximum Gasteiger partial charge on any atom is 0.119 e. The number of aryl methyl sites for hydroxylation is 4. The van der Waals surface area contributed by atoms with Gasteiger partial charge in [-0.1, -0.05) is 31.4 Å². The van der Waals surface area contributed by atoms with E-state index in [4.69, 9.17) is 9.47 Å². The predicted octanol–water partition coefficient (Wildman–Crippen LogP) is 5.29. The van der Waals surface area contributed by atoms with Crippen LogP contribution >= 0.6 is 0 Å². The minimum Gasteiger partial charge on any atom is -0.494 e. The summed E-state index contributed by atoms with van der Waals surface area (Å²) in [5, 5.41) is 0. The molecule has 4 rings (SSSR count). The van der Waals surface area contributed by atoms with Crippen LogP contribution in [0.2, 0.25) is 0 Å². The molecule has 0 aliphatic heterocycles. The predicted molar refractivity (Wildman–Crippen MR) is 102 cm³/mol. The minimum absolute atomic E-state index is 0.838. The van der Waals surface area contributed by atoms with Crippen LogP contribution in [0.5, 0.6) is 11.5 Å². The maximum absolute atomic E-state index is 5.86. The molecule has 2 aliphatic carbocycles. The summed E-state index contributed by atoms with van der Waals surface area (Å²) >= 11 is 0. The number of unbranched alkanes of at least 4 members (excludes halogenated alkanes) is 4. The van der Waals surface area contributed by atoms with Gasteiger partial charge in [-0.3, -0.25) is 0 Å². The fourth-order valence-corrected chi connectivity index (χ4v) is 3.64. The van der Waals surface area contributed by atoms with Crippen molar-refractivity contribution in [2.45, 2.75) is 57.8 Å². The van der Waals surface area contributed by atoms with Crippen LogP contribution < -0.4 is 9.47 Å². The lowest BCUT2D eigenvalue weighted by Crippen LogP contribution is -2.08. The number of hydrogen-bond donors (Lipinski definition) is 0. The Morgan fingerprint density at radius 2 is 0.960 bits per heavy atom. The van der Waals surface area contributed by atoms with Crippen molar-refractivity contribution in [3.05, 3.63) is 58.7 Å². The van der Waals surface area contributed by atoms with Gasteiger partial charge < -0.3 is 9.47 Å². The molecule has 25 heavy (non-hydrogen) atoms. The lowest BCUT2D eigenvalue weighted by Gasteiger charge is -2.19. The summed E-state index contributed by atoms with van der Waals surface area (Å²) < 4.78 is 11.7. The molecule has 2 nitrogen and oxygen atoms in total. The van der Waals surface area contributed by atoms with E-state index in [0.717, 1.165) is 37.6 Å². The third-order valence-corrected chi connectivity index (χ3v) is 5.51. The molecule has 2 aromatic carbocycles. The molecule has 0 N–H and O–H groups in total. The van der Waals surface area contributed by atoms with Gasteiger partial charge in [-0.2, -0.15) is 0 Å². The number of fused-ring (bicyclic) bond motifs is 2. The summed E-state index contributed by atoms with van der Waals surface area (Å²) in [5.41, 5.74) is 5.95. The second kappa shape index (κ2) is 7.95. The first-order valence-corrected chi connectivity index (χ1v) is 9.88. The van der Waals surface area contributed by atoms with Crippen LogP contribution in [0.15, 0.2) is 36.4 Å². The highest BCUT2D eigenvalue weighted by Gasteiger charge is 2.13. The molecule has 0 atom stereocenters. The monoisotopic (exact) mass is 336 g/mol. The molecule has 0 spiro atoms. The zero-order valence-electron chi connectivity index (χ0n) is 15.1. The van der Waals surface area contributed by atoms with E-state index >= 15 is 0 Å². The molecule has 0 aromatic heterocycles. The quantitative estimate of drug-likeness (QED) is 0.549. The smallest absolute Gasteiger partial charge is 0.119 e. The minimum atomic E-state index is 0.838. The average Bonchev–Trinajstić information content (AvgIpc) is 2.57. The molecular formula is C23H28O2. The SMILES string of the molecule is c1cc2c(cc1OCCCCCCCOc1ccc3c(c1)CC3)CC2. The standard InChI is InChI=1S/C23H28O2/c1(2-4-14-24-22-12-10-18-6-8-20(18)16-22)3-5-15-25-23-13-11-19-7-9-21(19)17-23/h10-13,16-17H,1-9,14-15H2. The molecule has 0 radical (unpaired) electrons. The largest absolute Gasteiger partial charge is 0.494 e. The number of benzene rings is 2. The lowest BCUT2D eigenvalue weighted by molar-refractivity contribution is 0.293. The highest BCUT2D eigenvalue weighted by molar-refractivity contribution is 5.42. The molecule has 0 saturated carbocycles. The van der Waals surface area contributed by atoms with Crippen LogP contribution in [0.3, 0.4) is 0 Å². The third kappa shape index (κ3) is 4.18. The Hall–Kier alpha value is -1.96.